The van der Waals surface area contributed by atoms with Crippen LogP contribution in [0.5, 0.6) is 5.75 Å². The van der Waals surface area contributed by atoms with Gasteiger partial charge in [-0.3, -0.25) is 14.4 Å². The summed E-state index contributed by atoms with van der Waals surface area (Å²) in [5.74, 6) is -0.964. The van der Waals surface area contributed by atoms with Crippen LogP contribution in [0.3, 0.4) is 0 Å². The number of nitrogens with one attached hydrogen (secondary N) is 1. The lowest BCUT2D eigenvalue weighted by Crippen LogP contribution is -2.31. The number of esters is 1. The molecule has 30 heavy (non-hydrogen) atoms. The molecule has 1 fully saturated rings. The zero-order chi connectivity index (χ0) is 21.5. The van der Waals surface area contributed by atoms with E-state index in [4.69, 9.17) is 9.47 Å². The van der Waals surface area contributed by atoms with E-state index in [1.54, 1.807) is 18.1 Å². The van der Waals surface area contributed by atoms with Crippen molar-refractivity contribution in [1.29, 1.82) is 0 Å². The maximum Gasteiger partial charge on any atom is 0.311 e. The highest BCUT2D eigenvalue weighted by molar-refractivity contribution is 6.00. The molecule has 1 N–H and O–H groups in total. The zero-order valence-corrected chi connectivity index (χ0v) is 17.2. The average molecular weight is 410 g/mol. The number of aryl methyl sites for hydroxylation is 1. The molecule has 0 aromatic heterocycles. The van der Waals surface area contributed by atoms with Crippen molar-refractivity contribution < 1.29 is 23.9 Å². The fourth-order valence-electron chi connectivity index (χ4n) is 3.52. The van der Waals surface area contributed by atoms with Crippen molar-refractivity contribution in [3.05, 3.63) is 59.7 Å². The Kier molecular flexibility index (Phi) is 7.06. The smallest absolute Gasteiger partial charge is 0.311 e. The van der Waals surface area contributed by atoms with E-state index in [0.29, 0.717) is 5.75 Å². The molecule has 2 aromatic carbocycles. The number of benzene rings is 2. The van der Waals surface area contributed by atoms with E-state index in [1.165, 1.54) is 0 Å². The van der Waals surface area contributed by atoms with Gasteiger partial charge in [0.05, 0.1) is 13.0 Å². The van der Waals surface area contributed by atoms with Gasteiger partial charge in [-0.2, -0.15) is 0 Å². The quantitative estimate of drug-likeness (QED) is 0.676. The zero-order valence-electron chi connectivity index (χ0n) is 17.2. The van der Waals surface area contributed by atoms with E-state index in [2.05, 4.69) is 5.32 Å². The lowest BCUT2D eigenvalue weighted by atomic mass is 10.1. The number of carbonyl (C=O) groups excluding carboxylic acids is 3. The van der Waals surface area contributed by atoms with Crippen LogP contribution >= 0.6 is 0 Å². The van der Waals surface area contributed by atoms with Gasteiger partial charge in [0.1, 0.15) is 5.75 Å². The molecule has 1 heterocycles. The molecule has 7 heteroatoms. The molecule has 0 radical (unpaired) electrons. The number of methoxy groups -OCH3 is 1. The number of rotatable bonds is 8. The standard InChI is InChI=1S/C23H26N2O5/c1-3-16-8-4-6-10-19(16)25-14-18(12-22(25)27)23(28)30-15-21(26)24-13-17-9-5-7-11-20(17)29-2/h4-11,18H,3,12-15H2,1-2H3,(H,24,26)/t18-/m0/s1. The Morgan fingerprint density at radius 3 is 2.53 bits per heavy atom. The van der Waals surface area contributed by atoms with Gasteiger partial charge >= 0.3 is 5.97 Å². The SMILES string of the molecule is CCc1ccccc1N1C[C@@H](C(=O)OCC(=O)NCc2ccccc2OC)CC1=O. The monoisotopic (exact) mass is 410 g/mol. The van der Waals surface area contributed by atoms with Crippen LogP contribution in [0.15, 0.2) is 48.5 Å². The molecule has 3 rings (SSSR count). The first-order valence-corrected chi connectivity index (χ1v) is 9.97. The number of hydrogen-bond donors (Lipinski definition) is 1. The van der Waals surface area contributed by atoms with Gasteiger partial charge in [0.15, 0.2) is 6.61 Å². The minimum absolute atomic E-state index is 0.0831. The van der Waals surface area contributed by atoms with Crippen molar-refractivity contribution in [3.63, 3.8) is 0 Å². The number of amides is 2. The normalized spacial score (nSPS) is 15.7. The number of nitrogens with zero attached hydrogens (tertiary/aromatic N) is 1. The average Bonchev–Trinajstić information content (AvgIpc) is 3.17. The predicted molar refractivity (Wildman–Crippen MR) is 112 cm³/mol. The highest BCUT2D eigenvalue weighted by Crippen LogP contribution is 2.29. The summed E-state index contributed by atoms with van der Waals surface area (Å²) in [4.78, 5) is 38.5. The van der Waals surface area contributed by atoms with Gasteiger partial charge in [-0.05, 0) is 24.1 Å². The Balaban J connectivity index is 1.50. The van der Waals surface area contributed by atoms with Gasteiger partial charge in [0.25, 0.3) is 5.91 Å². The minimum atomic E-state index is -0.579. The third-order valence-corrected chi connectivity index (χ3v) is 5.14. The third kappa shape index (κ3) is 4.97. The summed E-state index contributed by atoms with van der Waals surface area (Å²) in [5.41, 5.74) is 2.71. The molecule has 0 unspecified atom stereocenters. The Morgan fingerprint density at radius 1 is 1.10 bits per heavy atom. The van der Waals surface area contributed by atoms with Gasteiger partial charge < -0.3 is 19.7 Å². The van der Waals surface area contributed by atoms with Gasteiger partial charge in [-0.25, -0.2) is 0 Å². The molecule has 1 aliphatic heterocycles. The van der Waals surface area contributed by atoms with Crippen molar-refractivity contribution in [3.8, 4) is 5.75 Å². The number of carbonyl (C=O) groups is 3. The van der Waals surface area contributed by atoms with Crippen LogP contribution in [0.2, 0.25) is 0 Å². The molecule has 158 valence electrons. The first-order chi connectivity index (χ1) is 14.5. The van der Waals surface area contributed by atoms with Crippen molar-refractivity contribution in [1.82, 2.24) is 5.32 Å². The molecule has 7 nitrogen and oxygen atoms in total. The highest BCUT2D eigenvalue weighted by Gasteiger charge is 2.36. The molecule has 0 spiro atoms. The number of hydrogen-bond acceptors (Lipinski definition) is 5. The summed E-state index contributed by atoms with van der Waals surface area (Å²) >= 11 is 0. The number of ether oxygens (including phenoxy) is 2. The molecule has 0 aliphatic carbocycles. The fraction of sp³-hybridized carbons (Fsp3) is 0.348. The summed E-state index contributed by atoms with van der Waals surface area (Å²) in [7, 11) is 1.56. The Hall–Kier alpha value is -3.35. The van der Waals surface area contributed by atoms with E-state index in [9.17, 15) is 14.4 Å². The van der Waals surface area contributed by atoms with Crippen LogP contribution in [-0.2, 0) is 32.1 Å². The largest absolute Gasteiger partial charge is 0.496 e. The van der Waals surface area contributed by atoms with Crippen molar-refractivity contribution in [2.24, 2.45) is 5.92 Å². The van der Waals surface area contributed by atoms with Crippen molar-refractivity contribution in [2.45, 2.75) is 26.3 Å². The van der Waals surface area contributed by atoms with E-state index < -0.39 is 17.8 Å². The molecule has 0 saturated carbocycles. The summed E-state index contributed by atoms with van der Waals surface area (Å²) < 4.78 is 10.4. The van der Waals surface area contributed by atoms with Gasteiger partial charge in [0, 0.05) is 30.8 Å². The minimum Gasteiger partial charge on any atom is -0.496 e. The van der Waals surface area contributed by atoms with Crippen LogP contribution in [0, 0.1) is 5.92 Å². The van der Waals surface area contributed by atoms with E-state index >= 15 is 0 Å². The van der Waals surface area contributed by atoms with Gasteiger partial charge in [0.2, 0.25) is 5.91 Å². The topological polar surface area (TPSA) is 84.9 Å². The van der Waals surface area contributed by atoms with Crippen LogP contribution in [-0.4, -0.2) is 38.0 Å². The van der Waals surface area contributed by atoms with Gasteiger partial charge in [-0.1, -0.05) is 43.3 Å². The van der Waals surface area contributed by atoms with Crippen LogP contribution in [0.25, 0.3) is 0 Å². The second-order valence-corrected chi connectivity index (χ2v) is 7.08. The van der Waals surface area contributed by atoms with Crippen LogP contribution in [0.1, 0.15) is 24.5 Å². The van der Waals surface area contributed by atoms with Gasteiger partial charge in [-0.15, -0.1) is 0 Å². The summed E-state index contributed by atoms with van der Waals surface area (Å²) in [6, 6.07) is 15.0. The second kappa shape index (κ2) is 9.91. The summed E-state index contributed by atoms with van der Waals surface area (Å²) in [5, 5.41) is 2.70. The Labute approximate surface area is 176 Å². The van der Waals surface area contributed by atoms with Crippen LogP contribution in [0.4, 0.5) is 5.69 Å². The maximum atomic E-state index is 12.4. The van der Waals surface area contributed by atoms with Crippen molar-refractivity contribution >= 4 is 23.5 Å². The third-order valence-electron chi connectivity index (χ3n) is 5.14. The number of para-hydroxylation sites is 2. The fourth-order valence-corrected chi connectivity index (χ4v) is 3.52. The molecule has 0 bridgehead atoms. The Bertz CT molecular complexity index is 927. The summed E-state index contributed by atoms with van der Waals surface area (Å²) in [6.45, 7) is 2.17. The van der Waals surface area contributed by atoms with E-state index in [1.807, 2.05) is 49.4 Å². The molecule has 1 aliphatic rings. The van der Waals surface area contributed by atoms with Crippen molar-refractivity contribution in [2.75, 3.05) is 25.2 Å². The lowest BCUT2D eigenvalue weighted by Gasteiger charge is -2.19. The second-order valence-electron chi connectivity index (χ2n) is 7.08. The lowest BCUT2D eigenvalue weighted by molar-refractivity contribution is -0.152. The van der Waals surface area contributed by atoms with Crippen LogP contribution < -0.4 is 15.0 Å². The number of anilines is 1. The highest BCUT2D eigenvalue weighted by atomic mass is 16.5. The molecule has 2 aromatic rings. The first-order valence-electron chi connectivity index (χ1n) is 9.97. The van der Waals surface area contributed by atoms with E-state index in [0.717, 1.165) is 23.2 Å². The molecular formula is C23H26N2O5. The molecule has 2 amide bonds. The Morgan fingerprint density at radius 2 is 1.80 bits per heavy atom. The predicted octanol–water partition coefficient (Wildman–Crippen LogP) is 2.47. The molecule has 1 atom stereocenters. The molecular weight excluding hydrogens is 384 g/mol. The summed E-state index contributed by atoms with van der Waals surface area (Å²) in [6.07, 6.45) is 0.876. The maximum absolute atomic E-state index is 12.4. The first kappa shape index (κ1) is 21.4. The van der Waals surface area contributed by atoms with E-state index in [-0.39, 0.29) is 32.0 Å². The molecule has 1 saturated heterocycles.